The van der Waals surface area contributed by atoms with Gasteiger partial charge >= 0.3 is 0 Å². The second-order valence-electron chi connectivity index (χ2n) is 5.37. The van der Waals surface area contributed by atoms with Crippen LogP contribution < -0.4 is 10.1 Å². The Labute approximate surface area is 108 Å². The molecule has 2 aliphatic heterocycles. The summed E-state index contributed by atoms with van der Waals surface area (Å²) in [5.41, 5.74) is 1.27. The summed E-state index contributed by atoms with van der Waals surface area (Å²) < 4.78 is 5.08. The Morgan fingerprint density at radius 2 is 2.39 bits per heavy atom. The molecule has 1 N–H and O–H groups in total. The van der Waals surface area contributed by atoms with E-state index in [0.717, 1.165) is 12.5 Å². The Morgan fingerprint density at radius 3 is 3.11 bits per heavy atom. The molecule has 0 aliphatic carbocycles. The molecule has 0 spiro atoms. The number of aromatic nitrogens is 1. The standard InChI is InChI=1S/C14H21N3O/c1-18-14-5-4-11(7-16-14)8-17-9-12-3-2-6-15-13(12)10-17/h4-5,7,12-13,15H,2-3,6,8-10H2,1H3. The summed E-state index contributed by atoms with van der Waals surface area (Å²) in [4.78, 5) is 6.80. The monoisotopic (exact) mass is 247 g/mol. The molecule has 2 fully saturated rings. The minimum absolute atomic E-state index is 0.690. The number of nitrogens with one attached hydrogen (secondary N) is 1. The lowest BCUT2D eigenvalue weighted by Crippen LogP contribution is -2.40. The Morgan fingerprint density at radius 1 is 1.44 bits per heavy atom. The lowest BCUT2D eigenvalue weighted by molar-refractivity contribution is 0.312. The highest BCUT2D eigenvalue weighted by atomic mass is 16.5. The second kappa shape index (κ2) is 5.24. The van der Waals surface area contributed by atoms with Crippen molar-refractivity contribution < 1.29 is 4.74 Å². The van der Waals surface area contributed by atoms with E-state index in [9.17, 15) is 0 Å². The lowest BCUT2D eigenvalue weighted by atomic mass is 9.94. The number of fused-ring (bicyclic) bond motifs is 1. The number of piperidine rings is 1. The average Bonchev–Trinajstić information content (AvgIpc) is 2.82. The van der Waals surface area contributed by atoms with Gasteiger partial charge in [-0.2, -0.15) is 0 Å². The lowest BCUT2D eigenvalue weighted by Gasteiger charge is -2.24. The minimum atomic E-state index is 0.690. The Balaban J connectivity index is 1.59. The fourth-order valence-electron chi connectivity index (χ4n) is 3.15. The van der Waals surface area contributed by atoms with E-state index in [0.29, 0.717) is 11.9 Å². The van der Waals surface area contributed by atoms with Crippen LogP contribution in [0.2, 0.25) is 0 Å². The largest absolute Gasteiger partial charge is 0.481 e. The zero-order valence-electron chi connectivity index (χ0n) is 10.9. The number of nitrogens with zero attached hydrogens (tertiary/aromatic N) is 2. The summed E-state index contributed by atoms with van der Waals surface area (Å²) in [7, 11) is 1.65. The molecule has 0 saturated carbocycles. The van der Waals surface area contributed by atoms with Crippen molar-refractivity contribution in [3.8, 4) is 5.88 Å². The normalized spacial score (nSPS) is 28.1. The molecule has 2 atom stereocenters. The van der Waals surface area contributed by atoms with Crippen molar-refractivity contribution >= 4 is 0 Å². The molecule has 0 radical (unpaired) electrons. The Bertz CT molecular complexity index is 379. The molecule has 2 saturated heterocycles. The third-order valence-corrected chi connectivity index (χ3v) is 4.09. The van der Waals surface area contributed by atoms with Crippen LogP contribution >= 0.6 is 0 Å². The van der Waals surface area contributed by atoms with Crippen molar-refractivity contribution in [1.82, 2.24) is 15.2 Å². The third-order valence-electron chi connectivity index (χ3n) is 4.09. The van der Waals surface area contributed by atoms with Gasteiger partial charge in [-0.25, -0.2) is 4.98 Å². The first-order valence-electron chi connectivity index (χ1n) is 6.80. The van der Waals surface area contributed by atoms with Gasteiger partial charge in [0.2, 0.25) is 5.88 Å². The van der Waals surface area contributed by atoms with Gasteiger partial charge in [-0.3, -0.25) is 4.90 Å². The number of ether oxygens (including phenoxy) is 1. The van der Waals surface area contributed by atoms with Gasteiger partial charge in [-0.1, -0.05) is 6.07 Å². The number of hydrogen-bond acceptors (Lipinski definition) is 4. The molecule has 2 unspecified atom stereocenters. The third kappa shape index (κ3) is 2.49. The summed E-state index contributed by atoms with van der Waals surface area (Å²) in [6, 6.07) is 4.77. The fourth-order valence-corrected chi connectivity index (χ4v) is 3.15. The van der Waals surface area contributed by atoms with Gasteiger partial charge in [0, 0.05) is 37.9 Å². The van der Waals surface area contributed by atoms with Gasteiger partial charge in [0.1, 0.15) is 0 Å². The Hall–Kier alpha value is -1.13. The van der Waals surface area contributed by atoms with Crippen molar-refractivity contribution in [2.45, 2.75) is 25.4 Å². The van der Waals surface area contributed by atoms with Crippen LogP contribution in [0.4, 0.5) is 0 Å². The van der Waals surface area contributed by atoms with Crippen molar-refractivity contribution in [2.75, 3.05) is 26.7 Å². The van der Waals surface area contributed by atoms with Gasteiger partial charge < -0.3 is 10.1 Å². The summed E-state index contributed by atoms with van der Waals surface area (Å²) >= 11 is 0. The van der Waals surface area contributed by atoms with Crippen LogP contribution in [0.5, 0.6) is 5.88 Å². The first-order valence-corrected chi connectivity index (χ1v) is 6.80. The molecule has 0 aromatic carbocycles. The molecule has 2 aliphatic rings. The van der Waals surface area contributed by atoms with Crippen molar-refractivity contribution in [3.63, 3.8) is 0 Å². The molecule has 1 aromatic heterocycles. The smallest absolute Gasteiger partial charge is 0.212 e. The minimum Gasteiger partial charge on any atom is -0.481 e. The van der Waals surface area contributed by atoms with E-state index in [1.165, 1.54) is 38.0 Å². The molecule has 18 heavy (non-hydrogen) atoms. The molecule has 3 rings (SSSR count). The van der Waals surface area contributed by atoms with Crippen LogP contribution in [-0.2, 0) is 6.54 Å². The topological polar surface area (TPSA) is 37.4 Å². The zero-order chi connectivity index (χ0) is 12.4. The second-order valence-corrected chi connectivity index (χ2v) is 5.37. The molecule has 0 bridgehead atoms. The fraction of sp³-hybridized carbons (Fsp3) is 0.643. The quantitative estimate of drug-likeness (QED) is 0.873. The van der Waals surface area contributed by atoms with Gasteiger partial charge in [-0.15, -0.1) is 0 Å². The van der Waals surface area contributed by atoms with Crippen LogP contribution in [0.1, 0.15) is 18.4 Å². The molecule has 3 heterocycles. The predicted molar refractivity (Wildman–Crippen MR) is 70.6 cm³/mol. The van der Waals surface area contributed by atoms with Gasteiger partial charge in [-0.05, 0) is 30.9 Å². The summed E-state index contributed by atoms with van der Waals surface area (Å²) in [5.74, 6) is 1.54. The van der Waals surface area contributed by atoms with Crippen molar-refractivity contribution in [2.24, 2.45) is 5.92 Å². The molecule has 1 aromatic rings. The van der Waals surface area contributed by atoms with Crippen molar-refractivity contribution in [1.29, 1.82) is 0 Å². The van der Waals surface area contributed by atoms with Crippen LogP contribution in [0, 0.1) is 5.92 Å². The molecule has 4 nitrogen and oxygen atoms in total. The van der Waals surface area contributed by atoms with Gasteiger partial charge in [0.05, 0.1) is 7.11 Å². The summed E-state index contributed by atoms with van der Waals surface area (Å²) in [5, 5.41) is 3.64. The molecular formula is C14H21N3O. The van der Waals surface area contributed by atoms with Crippen molar-refractivity contribution in [3.05, 3.63) is 23.9 Å². The number of methoxy groups -OCH3 is 1. The van der Waals surface area contributed by atoms with E-state index in [4.69, 9.17) is 4.74 Å². The van der Waals surface area contributed by atoms with E-state index in [1.807, 2.05) is 12.3 Å². The number of pyridine rings is 1. The van der Waals surface area contributed by atoms with E-state index in [2.05, 4.69) is 21.3 Å². The van der Waals surface area contributed by atoms with Gasteiger partial charge in [0.15, 0.2) is 0 Å². The maximum atomic E-state index is 5.08. The maximum absolute atomic E-state index is 5.08. The first-order chi connectivity index (χ1) is 8.85. The highest BCUT2D eigenvalue weighted by molar-refractivity contribution is 5.18. The van der Waals surface area contributed by atoms with E-state index >= 15 is 0 Å². The summed E-state index contributed by atoms with van der Waals surface area (Å²) in [6.45, 7) is 4.60. The van der Waals surface area contributed by atoms with Crippen LogP contribution in [-0.4, -0.2) is 42.7 Å². The predicted octanol–water partition coefficient (Wildman–Crippen LogP) is 1.27. The Kier molecular flexibility index (Phi) is 3.48. The zero-order valence-corrected chi connectivity index (χ0v) is 10.9. The average molecular weight is 247 g/mol. The number of rotatable bonds is 3. The van der Waals surface area contributed by atoms with E-state index in [1.54, 1.807) is 7.11 Å². The highest BCUT2D eigenvalue weighted by Gasteiger charge is 2.33. The highest BCUT2D eigenvalue weighted by Crippen LogP contribution is 2.26. The molecule has 0 amide bonds. The number of likely N-dealkylation sites (tertiary alicyclic amines) is 1. The van der Waals surface area contributed by atoms with E-state index in [-0.39, 0.29) is 0 Å². The molecular weight excluding hydrogens is 226 g/mol. The van der Waals surface area contributed by atoms with E-state index < -0.39 is 0 Å². The molecule has 4 heteroatoms. The summed E-state index contributed by atoms with van der Waals surface area (Å²) in [6.07, 6.45) is 4.64. The van der Waals surface area contributed by atoms with Gasteiger partial charge in [0.25, 0.3) is 0 Å². The molecule has 98 valence electrons. The first kappa shape index (κ1) is 11.9. The number of hydrogen-bond donors (Lipinski definition) is 1. The van der Waals surface area contributed by atoms with Crippen LogP contribution in [0.15, 0.2) is 18.3 Å². The SMILES string of the molecule is COc1ccc(CN2CC3CCCNC3C2)cn1. The van der Waals surface area contributed by atoms with Crippen LogP contribution in [0.25, 0.3) is 0 Å². The van der Waals surface area contributed by atoms with Crippen LogP contribution in [0.3, 0.4) is 0 Å². The maximum Gasteiger partial charge on any atom is 0.212 e.